The molecule has 146 valence electrons. The third-order valence-corrected chi connectivity index (χ3v) is 4.44. The fraction of sp³-hybridized carbons (Fsp3) is 0.381. The van der Waals surface area contributed by atoms with E-state index in [-0.39, 0.29) is 23.0 Å². The number of methoxy groups -OCH3 is 2. The molecule has 2 rings (SSSR count). The van der Waals surface area contributed by atoms with Crippen LogP contribution in [-0.2, 0) is 17.6 Å². The lowest BCUT2D eigenvalue weighted by Gasteiger charge is -2.11. The maximum atomic E-state index is 12.1. The standard InChI is InChI=1S/C21H26O6/c1-26-19-12-15(13-20(27-2)21(19)25)7-9-16(22)6-4-3-5-14-8-10-17(23)18(24)11-14/h8,10-13,23-25H,3-7,9H2,1-2H3. The lowest BCUT2D eigenvalue weighted by molar-refractivity contribution is -0.119. The fourth-order valence-corrected chi connectivity index (χ4v) is 2.88. The minimum Gasteiger partial charge on any atom is -0.504 e. The number of ketones is 1. The molecule has 6 nitrogen and oxygen atoms in total. The molecule has 0 heterocycles. The highest BCUT2D eigenvalue weighted by atomic mass is 16.5. The lowest BCUT2D eigenvalue weighted by atomic mass is 10.0. The van der Waals surface area contributed by atoms with Crippen molar-refractivity contribution in [2.24, 2.45) is 0 Å². The van der Waals surface area contributed by atoms with E-state index >= 15 is 0 Å². The Morgan fingerprint density at radius 1 is 0.815 bits per heavy atom. The smallest absolute Gasteiger partial charge is 0.200 e. The third kappa shape index (κ3) is 5.81. The molecule has 0 saturated heterocycles. The summed E-state index contributed by atoms with van der Waals surface area (Å²) in [4.78, 5) is 12.1. The van der Waals surface area contributed by atoms with Gasteiger partial charge < -0.3 is 24.8 Å². The number of hydrogen-bond donors (Lipinski definition) is 3. The Balaban J connectivity index is 1.77. The van der Waals surface area contributed by atoms with E-state index in [9.17, 15) is 20.1 Å². The first-order valence-electron chi connectivity index (χ1n) is 8.91. The largest absolute Gasteiger partial charge is 0.504 e. The van der Waals surface area contributed by atoms with Crippen LogP contribution < -0.4 is 9.47 Å². The summed E-state index contributed by atoms with van der Waals surface area (Å²) in [5, 5.41) is 28.7. The number of carbonyl (C=O) groups excluding carboxylic acids is 1. The summed E-state index contributed by atoms with van der Waals surface area (Å²) in [6.07, 6.45) is 3.80. The minimum absolute atomic E-state index is 0.0460. The summed E-state index contributed by atoms with van der Waals surface area (Å²) in [5.41, 5.74) is 1.80. The van der Waals surface area contributed by atoms with Crippen molar-refractivity contribution >= 4 is 5.78 Å². The first kappa shape index (κ1) is 20.4. The molecule has 0 radical (unpaired) electrons. The average molecular weight is 374 g/mol. The van der Waals surface area contributed by atoms with Crippen molar-refractivity contribution in [3.05, 3.63) is 41.5 Å². The Morgan fingerprint density at radius 3 is 2.07 bits per heavy atom. The van der Waals surface area contributed by atoms with E-state index in [1.165, 1.54) is 20.3 Å². The number of phenols is 3. The number of rotatable bonds is 10. The van der Waals surface area contributed by atoms with E-state index in [2.05, 4.69) is 0 Å². The molecule has 2 aromatic carbocycles. The van der Waals surface area contributed by atoms with E-state index in [4.69, 9.17) is 9.47 Å². The van der Waals surface area contributed by atoms with Crippen LogP contribution in [-0.4, -0.2) is 35.3 Å². The van der Waals surface area contributed by atoms with Crippen LogP contribution >= 0.6 is 0 Å². The predicted molar refractivity (Wildman–Crippen MR) is 102 cm³/mol. The van der Waals surface area contributed by atoms with Gasteiger partial charge in [0, 0.05) is 12.8 Å². The Labute approximate surface area is 159 Å². The predicted octanol–water partition coefficient (Wildman–Crippen LogP) is 3.74. The van der Waals surface area contributed by atoms with Gasteiger partial charge in [0.25, 0.3) is 0 Å². The number of ether oxygens (including phenoxy) is 2. The summed E-state index contributed by atoms with van der Waals surface area (Å²) in [7, 11) is 2.94. The van der Waals surface area contributed by atoms with Gasteiger partial charge in [-0.1, -0.05) is 6.07 Å². The number of carbonyl (C=O) groups is 1. The molecule has 3 N–H and O–H groups in total. The van der Waals surface area contributed by atoms with E-state index in [1.54, 1.807) is 24.3 Å². The number of benzene rings is 2. The monoisotopic (exact) mass is 374 g/mol. The van der Waals surface area contributed by atoms with Gasteiger partial charge in [0.05, 0.1) is 14.2 Å². The van der Waals surface area contributed by atoms with Crippen LogP contribution in [0.5, 0.6) is 28.7 Å². The molecule has 0 aliphatic rings. The van der Waals surface area contributed by atoms with Crippen molar-refractivity contribution in [3.63, 3.8) is 0 Å². The van der Waals surface area contributed by atoms with E-state index in [0.717, 1.165) is 30.4 Å². The summed E-state index contributed by atoms with van der Waals surface area (Å²) in [5.74, 6) is 0.535. The number of hydrogen-bond acceptors (Lipinski definition) is 6. The molecule has 27 heavy (non-hydrogen) atoms. The van der Waals surface area contributed by atoms with E-state index in [0.29, 0.717) is 30.8 Å². The van der Waals surface area contributed by atoms with Crippen LogP contribution in [0.25, 0.3) is 0 Å². The molecule has 0 bridgehead atoms. The number of Topliss-reactive ketones (excluding diaryl/α,β-unsaturated/α-hetero) is 1. The molecule has 0 saturated carbocycles. The van der Waals surface area contributed by atoms with Crippen molar-refractivity contribution in [1.82, 2.24) is 0 Å². The highest BCUT2D eigenvalue weighted by Crippen LogP contribution is 2.37. The average Bonchev–Trinajstić information content (AvgIpc) is 2.67. The van der Waals surface area contributed by atoms with Gasteiger partial charge in [0.2, 0.25) is 5.75 Å². The Bertz CT molecular complexity index is 759. The minimum atomic E-state index is -0.128. The second kappa shape index (κ2) is 9.71. The van der Waals surface area contributed by atoms with Crippen LogP contribution in [0.2, 0.25) is 0 Å². The Morgan fingerprint density at radius 2 is 1.48 bits per heavy atom. The first-order chi connectivity index (χ1) is 12.9. The molecule has 0 aromatic heterocycles. The molecular formula is C21H26O6. The summed E-state index contributed by atoms with van der Waals surface area (Å²) >= 11 is 0. The molecule has 0 spiro atoms. The second-order valence-corrected chi connectivity index (χ2v) is 6.42. The zero-order valence-corrected chi connectivity index (χ0v) is 15.7. The van der Waals surface area contributed by atoms with Crippen molar-refractivity contribution in [3.8, 4) is 28.7 Å². The Hall–Kier alpha value is -2.89. The van der Waals surface area contributed by atoms with E-state index in [1.807, 2.05) is 0 Å². The quantitative estimate of drug-likeness (QED) is 0.433. The maximum Gasteiger partial charge on any atom is 0.200 e. The zero-order chi connectivity index (χ0) is 19.8. The van der Waals surface area contributed by atoms with E-state index < -0.39 is 0 Å². The van der Waals surface area contributed by atoms with Crippen LogP contribution in [0.3, 0.4) is 0 Å². The summed E-state index contributed by atoms with van der Waals surface area (Å²) < 4.78 is 10.2. The van der Waals surface area contributed by atoms with Crippen LogP contribution in [0.4, 0.5) is 0 Å². The van der Waals surface area contributed by atoms with Gasteiger partial charge in [-0.2, -0.15) is 0 Å². The maximum absolute atomic E-state index is 12.1. The summed E-state index contributed by atoms with van der Waals surface area (Å²) in [6.45, 7) is 0. The van der Waals surface area contributed by atoms with Crippen LogP contribution in [0.15, 0.2) is 30.3 Å². The first-order valence-corrected chi connectivity index (χ1v) is 8.91. The molecule has 0 aliphatic heterocycles. The van der Waals surface area contributed by atoms with Crippen molar-refractivity contribution < 1.29 is 29.6 Å². The zero-order valence-electron chi connectivity index (χ0n) is 15.7. The molecule has 2 aromatic rings. The van der Waals surface area contributed by atoms with Gasteiger partial charge in [-0.15, -0.1) is 0 Å². The number of phenolic OH excluding ortho intramolecular Hbond substituents is 3. The molecule has 6 heteroatoms. The summed E-state index contributed by atoms with van der Waals surface area (Å²) in [6, 6.07) is 8.20. The molecule has 0 atom stereocenters. The van der Waals surface area contributed by atoms with Crippen molar-refractivity contribution in [1.29, 1.82) is 0 Å². The molecule has 0 aliphatic carbocycles. The van der Waals surface area contributed by atoms with Gasteiger partial charge in [-0.3, -0.25) is 4.79 Å². The SMILES string of the molecule is COc1cc(CCC(=O)CCCCc2ccc(O)c(O)c2)cc(OC)c1O. The van der Waals surface area contributed by atoms with Gasteiger partial charge in [-0.05, 0) is 61.1 Å². The topological polar surface area (TPSA) is 96.2 Å². The normalized spacial score (nSPS) is 10.6. The Kier molecular flexibility index (Phi) is 7.34. The lowest BCUT2D eigenvalue weighted by Crippen LogP contribution is -2.01. The number of aromatic hydroxyl groups is 3. The van der Waals surface area contributed by atoms with Gasteiger partial charge in [0.1, 0.15) is 5.78 Å². The molecule has 0 amide bonds. The van der Waals surface area contributed by atoms with Crippen LogP contribution in [0, 0.1) is 0 Å². The van der Waals surface area contributed by atoms with Gasteiger partial charge in [0.15, 0.2) is 23.0 Å². The highest BCUT2D eigenvalue weighted by molar-refractivity contribution is 5.78. The second-order valence-electron chi connectivity index (χ2n) is 6.42. The highest BCUT2D eigenvalue weighted by Gasteiger charge is 2.12. The van der Waals surface area contributed by atoms with Gasteiger partial charge >= 0.3 is 0 Å². The molecule has 0 unspecified atom stereocenters. The van der Waals surface area contributed by atoms with Crippen LogP contribution in [0.1, 0.15) is 36.8 Å². The fourth-order valence-electron chi connectivity index (χ4n) is 2.88. The number of unbranched alkanes of at least 4 members (excludes halogenated alkanes) is 1. The molecular weight excluding hydrogens is 348 g/mol. The van der Waals surface area contributed by atoms with Crippen molar-refractivity contribution in [2.75, 3.05) is 14.2 Å². The third-order valence-electron chi connectivity index (χ3n) is 4.44. The van der Waals surface area contributed by atoms with Gasteiger partial charge in [-0.25, -0.2) is 0 Å². The molecule has 0 fully saturated rings. The van der Waals surface area contributed by atoms with Crippen molar-refractivity contribution in [2.45, 2.75) is 38.5 Å². The number of aryl methyl sites for hydroxylation is 2.